The maximum atomic E-state index is 12.9. The second-order valence-electron chi connectivity index (χ2n) is 14.0. The summed E-state index contributed by atoms with van der Waals surface area (Å²) in [6.07, 6.45) is 5.54. The topological polar surface area (TPSA) is 154 Å². The summed E-state index contributed by atoms with van der Waals surface area (Å²) in [6.45, 7) is 4.36. The lowest BCUT2D eigenvalue weighted by molar-refractivity contribution is -0.134. The Morgan fingerprint density at radius 3 is 2.55 bits per heavy atom. The van der Waals surface area contributed by atoms with Crippen molar-refractivity contribution in [2.75, 3.05) is 6.54 Å². The maximum Gasteiger partial charge on any atom is 0.328 e. The number of aromatic nitrogens is 6. The molecule has 1 atom stereocenters. The molecule has 12 nitrogen and oxygen atoms in total. The summed E-state index contributed by atoms with van der Waals surface area (Å²) in [5, 5.41) is 7.86. The molecule has 272 valence electrons. The van der Waals surface area contributed by atoms with Crippen LogP contribution in [0.5, 0.6) is 0 Å². The predicted molar refractivity (Wildman–Crippen MR) is 210 cm³/mol. The lowest BCUT2D eigenvalue weighted by atomic mass is 9.92. The van der Waals surface area contributed by atoms with Gasteiger partial charge >= 0.3 is 5.69 Å². The van der Waals surface area contributed by atoms with Crippen molar-refractivity contribution in [2.24, 2.45) is 14.1 Å². The van der Waals surface area contributed by atoms with Crippen molar-refractivity contribution in [3.8, 4) is 34.2 Å². The first-order valence-electron chi connectivity index (χ1n) is 18.0. The van der Waals surface area contributed by atoms with Crippen molar-refractivity contribution in [3.05, 3.63) is 118 Å². The van der Waals surface area contributed by atoms with Crippen molar-refractivity contribution >= 4 is 50.4 Å². The number of pyridine rings is 2. The third-order valence-corrected chi connectivity index (χ3v) is 10.2. The van der Waals surface area contributed by atoms with Gasteiger partial charge < -0.3 is 5.32 Å². The zero-order chi connectivity index (χ0) is 38.4. The zero-order valence-corrected chi connectivity index (χ0v) is 30.7. The highest BCUT2D eigenvalue weighted by atomic mass is 16.2. The number of imide groups is 1. The van der Waals surface area contributed by atoms with Crippen LogP contribution in [0, 0.1) is 11.8 Å². The second-order valence-corrected chi connectivity index (χ2v) is 14.0. The van der Waals surface area contributed by atoms with E-state index in [0.717, 1.165) is 49.8 Å². The van der Waals surface area contributed by atoms with E-state index in [2.05, 4.69) is 69.5 Å². The van der Waals surface area contributed by atoms with Gasteiger partial charge in [0, 0.05) is 54.8 Å². The standard InChI is InChI=1S/C43H36N8O4/c1-24(2)31-18-28(20-37-40(31)51(4)43(55)50(37)3)29-9-5-8-26-19-36(46-22-33(26)29)27-11-14-35(45-21-27)42(54)44-16-6-7-25-10-13-34-32(17-25)39(48-23-47-34)30-12-15-38(52)49-41(30)53/h5,8-11,13-14,17-24,30H,12,15-16H2,1-4H3,(H,44,54)(H,49,52,53). The molecule has 1 aliphatic rings. The molecule has 1 unspecified atom stereocenters. The minimum atomic E-state index is -0.548. The molecule has 55 heavy (non-hydrogen) atoms. The molecule has 0 saturated carbocycles. The number of carbonyl (C=O) groups is 3. The van der Waals surface area contributed by atoms with E-state index in [1.54, 1.807) is 28.4 Å². The van der Waals surface area contributed by atoms with Crippen molar-refractivity contribution in [2.45, 2.75) is 38.5 Å². The van der Waals surface area contributed by atoms with E-state index in [-0.39, 0.29) is 48.0 Å². The minimum Gasteiger partial charge on any atom is -0.340 e. The van der Waals surface area contributed by atoms with Crippen LogP contribution in [0.15, 0.2) is 90.2 Å². The smallest absolute Gasteiger partial charge is 0.328 e. The molecule has 0 aliphatic carbocycles. The van der Waals surface area contributed by atoms with Crippen LogP contribution in [0.1, 0.15) is 65.8 Å². The molecule has 7 aromatic rings. The highest BCUT2D eigenvalue weighted by molar-refractivity contribution is 6.03. The number of nitrogens with zero attached hydrogens (tertiary/aromatic N) is 6. The van der Waals surface area contributed by atoms with Crippen LogP contribution in [0.3, 0.4) is 0 Å². The first-order chi connectivity index (χ1) is 26.6. The Hall–Kier alpha value is -7.00. The molecule has 2 N–H and O–H groups in total. The minimum absolute atomic E-state index is 0.0538. The van der Waals surface area contributed by atoms with Crippen molar-refractivity contribution < 1.29 is 14.4 Å². The first kappa shape index (κ1) is 35.1. The second kappa shape index (κ2) is 14.1. The summed E-state index contributed by atoms with van der Waals surface area (Å²) in [6, 6.07) is 21.3. The molecule has 3 amide bonds. The normalized spacial score (nSPS) is 14.3. The molecule has 0 bridgehead atoms. The summed E-state index contributed by atoms with van der Waals surface area (Å²) in [5.41, 5.74) is 8.57. The Balaban J connectivity index is 0.973. The fourth-order valence-electron chi connectivity index (χ4n) is 7.29. The van der Waals surface area contributed by atoms with Gasteiger partial charge in [-0.3, -0.25) is 38.8 Å². The Morgan fingerprint density at radius 2 is 1.76 bits per heavy atom. The Labute approximate surface area is 315 Å². The fourth-order valence-corrected chi connectivity index (χ4v) is 7.29. The van der Waals surface area contributed by atoms with E-state index in [9.17, 15) is 19.2 Å². The van der Waals surface area contributed by atoms with Gasteiger partial charge in [0.05, 0.1) is 40.4 Å². The van der Waals surface area contributed by atoms with Gasteiger partial charge in [-0.25, -0.2) is 14.8 Å². The molecule has 5 heterocycles. The largest absolute Gasteiger partial charge is 0.340 e. The molecule has 1 aliphatic heterocycles. The van der Waals surface area contributed by atoms with Gasteiger partial charge in [0.25, 0.3) is 5.91 Å². The molecule has 0 radical (unpaired) electrons. The molecule has 4 aromatic heterocycles. The van der Waals surface area contributed by atoms with Crippen molar-refractivity contribution in [3.63, 3.8) is 0 Å². The Kier molecular flexibility index (Phi) is 8.98. The van der Waals surface area contributed by atoms with Gasteiger partial charge in [-0.05, 0) is 82.9 Å². The molecule has 12 heteroatoms. The summed E-state index contributed by atoms with van der Waals surface area (Å²) < 4.78 is 3.41. The SMILES string of the molecule is CC(C)c1cc(-c2cccc3cc(-c4ccc(C(=O)NCC#Cc5ccc6ncnc(C7CCC(=O)NC7=O)c6c5)nc4)ncc23)cc2c1n(C)c(=O)n2C. The summed E-state index contributed by atoms with van der Waals surface area (Å²) in [5.74, 6) is 4.68. The number of fused-ring (bicyclic) bond motifs is 3. The van der Waals surface area contributed by atoms with Crippen molar-refractivity contribution in [1.29, 1.82) is 0 Å². The first-order valence-corrected chi connectivity index (χ1v) is 18.0. The van der Waals surface area contributed by atoms with Crippen LogP contribution >= 0.6 is 0 Å². The highest BCUT2D eigenvalue weighted by Crippen LogP contribution is 2.35. The van der Waals surface area contributed by atoms with Crippen LogP contribution in [0.4, 0.5) is 0 Å². The van der Waals surface area contributed by atoms with E-state index in [4.69, 9.17) is 4.98 Å². The Bertz CT molecular complexity index is 2840. The van der Waals surface area contributed by atoms with Gasteiger partial charge in [0.1, 0.15) is 12.0 Å². The number of imidazole rings is 1. The summed E-state index contributed by atoms with van der Waals surface area (Å²) >= 11 is 0. The van der Waals surface area contributed by atoms with Crippen LogP contribution in [-0.2, 0) is 23.7 Å². The molecular weight excluding hydrogens is 693 g/mol. The average Bonchev–Trinajstić information content (AvgIpc) is 3.41. The van der Waals surface area contributed by atoms with Crippen LogP contribution in [0.25, 0.3) is 55.1 Å². The fraction of sp³-hybridized carbons (Fsp3) is 0.209. The number of benzene rings is 3. The van der Waals surface area contributed by atoms with Gasteiger partial charge in [-0.15, -0.1) is 0 Å². The number of aryl methyl sites for hydroxylation is 2. The monoisotopic (exact) mass is 728 g/mol. The van der Waals surface area contributed by atoms with Gasteiger partial charge in [-0.2, -0.15) is 0 Å². The van der Waals surface area contributed by atoms with Crippen LogP contribution in [-0.4, -0.2) is 53.3 Å². The van der Waals surface area contributed by atoms with Crippen molar-refractivity contribution in [1.82, 2.24) is 39.7 Å². The number of hydrogen-bond acceptors (Lipinski definition) is 8. The molecule has 1 saturated heterocycles. The number of nitrogens with one attached hydrogen (secondary N) is 2. The summed E-state index contributed by atoms with van der Waals surface area (Å²) in [7, 11) is 3.62. The number of hydrogen-bond donors (Lipinski definition) is 2. The molecule has 0 spiro atoms. The van der Waals surface area contributed by atoms with E-state index < -0.39 is 5.92 Å². The molecule has 1 fully saturated rings. The van der Waals surface area contributed by atoms with Gasteiger partial charge in [0.15, 0.2) is 0 Å². The lowest BCUT2D eigenvalue weighted by Crippen LogP contribution is -2.39. The molecule has 8 rings (SSSR count). The highest BCUT2D eigenvalue weighted by Gasteiger charge is 2.30. The van der Waals surface area contributed by atoms with E-state index in [0.29, 0.717) is 28.6 Å². The van der Waals surface area contributed by atoms with Crippen LogP contribution in [0.2, 0.25) is 0 Å². The average molecular weight is 729 g/mol. The third kappa shape index (κ3) is 6.50. The van der Waals surface area contributed by atoms with E-state index in [1.165, 1.54) is 6.33 Å². The maximum absolute atomic E-state index is 12.9. The predicted octanol–water partition coefficient (Wildman–Crippen LogP) is 5.52. The van der Waals surface area contributed by atoms with Gasteiger partial charge in [0.2, 0.25) is 11.8 Å². The quantitative estimate of drug-likeness (QED) is 0.168. The number of amides is 3. The third-order valence-electron chi connectivity index (χ3n) is 10.2. The summed E-state index contributed by atoms with van der Waals surface area (Å²) in [4.78, 5) is 67.8. The number of rotatable bonds is 6. The molecule has 3 aromatic carbocycles. The Morgan fingerprint density at radius 1 is 0.909 bits per heavy atom. The van der Waals surface area contributed by atoms with E-state index in [1.807, 2.05) is 55.7 Å². The zero-order valence-electron chi connectivity index (χ0n) is 30.7. The number of carbonyl (C=O) groups excluding carboxylic acids is 3. The van der Waals surface area contributed by atoms with Gasteiger partial charge in [-0.1, -0.05) is 43.9 Å². The number of piperidine rings is 1. The van der Waals surface area contributed by atoms with Crippen LogP contribution < -0.4 is 16.3 Å². The lowest BCUT2D eigenvalue weighted by Gasteiger charge is -2.21. The molecular formula is C43H36N8O4. The van der Waals surface area contributed by atoms with E-state index >= 15 is 0 Å².